The first-order chi connectivity index (χ1) is 12.6. The van der Waals surface area contributed by atoms with Crippen molar-refractivity contribution < 1.29 is 4.39 Å². The number of aromatic amines is 1. The van der Waals surface area contributed by atoms with Crippen LogP contribution in [0.15, 0.2) is 54.9 Å². The summed E-state index contributed by atoms with van der Waals surface area (Å²) in [5.74, 6) is 1.41. The van der Waals surface area contributed by atoms with Crippen molar-refractivity contribution in [2.24, 2.45) is 5.92 Å². The van der Waals surface area contributed by atoms with Crippen LogP contribution in [0, 0.1) is 11.7 Å². The Balaban J connectivity index is 1.55. The summed E-state index contributed by atoms with van der Waals surface area (Å²) >= 11 is 6.20. The number of aromatic nitrogens is 4. The lowest BCUT2D eigenvalue weighted by Gasteiger charge is -2.14. The van der Waals surface area contributed by atoms with Crippen LogP contribution in [0.4, 0.5) is 4.39 Å². The molecule has 0 spiro atoms. The summed E-state index contributed by atoms with van der Waals surface area (Å²) in [7, 11) is 0. The smallest absolute Gasteiger partial charge is 0.144 e. The van der Waals surface area contributed by atoms with Crippen LogP contribution in [0.1, 0.15) is 12.7 Å². The van der Waals surface area contributed by atoms with E-state index in [9.17, 15) is 4.39 Å². The molecule has 0 amide bonds. The molecule has 1 atom stereocenters. The maximum atomic E-state index is 14.2. The second-order valence-electron chi connectivity index (χ2n) is 6.51. The van der Waals surface area contributed by atoms with E-state index < -0.39 is 0 Å². The first-order valence-electron chi connectivity index (χ1n) is 8.51. The van der Waals surface area contributed by atoms with Crippen molar-refractivity contribution in [2.45, 2.75) is 19.9 Å². The Morgan fingerprint density at radius 3 is 2.85 bits per heavy atom. The summed E-state index contributed by atoms with van der Waals surface area (Å²) in [4.78, 5) is 12.3. The molecule has 6 heteroatoms. The first kappa shape index (κ1) is 16.8. The number of rotatable bonds is 5. The van der Waals surface area contributed by atoms with E-state index in [1.54, 1.807) is 18.3 Å². The van der Waals surface area contributed by atoms with Gasteiger partial charge in [0.15, 0.2) is 0 Å². The molecule has 4 rings (SSSR count). The monoisotopic (exact) mass is 368 g/mol. The van der Waals surface area contributed by atoms with Crippen LogP contribution in [-0.2, 0) is 13.0 Å². The predicted molar refractivity (Wildman–Crippen MR) is 102 cm³/mol. The number of benzene rings is 2. The number of nitrogens with one attached hydrogen (secondary N) is 1. The molecular weight excluding hydrogens is 351 g/mol. The van der Waals surface area contributed by atoms with Crippen molar-refractivity contribution in [3.05, 3.63) is 71.5 Å². The lowest BCUT2D eigenvalue weighted by atomic mass is 10.1. The standard InChI is InChI=1S/C20H18ClFN4/c1-13(11-18-24-16-7-2-3-8-17(16)25-18)12-26-10-9-23-20(26)19-14(21)5-4-6-15(19)22/h2-10,13H,11-12H2,1H3,(H,24,25). The highest BCUT2D eigenvalue weighted by Crippen LogP contribution is 2.29. The number of imidazole rings is 2. The molecule has 1 N–H and O–H groups in total. The fourth-order valence-electron chi connectivity index (χ4n) is 3.23. The van der Waals surface area contributed by atoms with Gasteiger partial charge in [0.25, 0.3) is 0 Å². The Kier molecular flexibility index (Phi) is 4.47. The number of hydrogen-bond donors (Lipinski definition) is 1. The minimum Gasteiger partial charge on any atom is -0.342 e. The van der Waals surface area contributed by atoms with Gasteiger partial charge in [0.05, 0.1) is 21.6 Å². The highest BCUT2D eigenvalue weighted by atomic mass is 35.5. The molecule has 4 nitrogen and oxygen atoms in total. The largest absolute Gasteiger partial charge is 0.342 e. The summed E-state index contributed by atoms with van der Waals surface area (Å²) in [6.07, 6.45) is 4.32. The number of para-hydroxylation sites is 2. The second-order valence-corrected chi connectivity index (χ2v) is 6.92. The number of hydrogen-bond acceptors (Lipinski definition) is 2. The molecule has 26 heavy (non-hydrogen) atoms. The normalized spacial score (nSPS) is 12.6. The minimum absolute atomic E-state index is 0.286. The third-order valence-electron chi connectivity index (χ3n) is 4.39. The molecule has 132 valence electrons. The average Bonchev–Trinajstić information content (AvgIpc) is 3.21. The lowest BCUT2D eigenvalue weighted by molar-refractivity contribution is 0.473. The van der Waals surface area contributed by atoms with E-state index in [0.717, 1.165) is 23.3 Å². The molecule has 0 aliphatic carbocycles. The van der Waals surface area contributed by atoms with Gasteiger partial charge in [0, 0.05) is 25.4 Å². The zero-order valence-corrected chi connectivity index (χ0v) is 15.0. The maximum absolute atomic E-state index is 14.2. The van der Waals surface area contributed by atoms with Crippen LogP contribution in [-0.4, -0.2) is 19.5 Å². The Bertz CT molecular complexity index is 1000. The summed E-state index contributed by atoms with van der Waals surface area (Å²) in [5, 5.41) is 0.363. The molecule has 4 aromatic rings. The van der Waals surface area contributed by atoms with Crippen molar-refractivity contribution in [1.29, 1.82) is 0 Å². The Labute approximate surface area is 155 Å². The fraction of sp³-hybridized carbons (Fsp3) is 0.200. The van der Waals surface area contributed by atoms with Gasteiger partial charge in [-0.2, -0.15) is 0 Å². The van der Waals surface area contributed by atoms with Gasteiger partial charge in [-0.1, -0.05) is 36.7 Å². The molecule has 2 heterocycles. The Morgan fingerprint density at radius 2 is 2.04 bits per heavy atom. The van der Waals surface area contributed by atoms with Gasteiger partial charge in [0.2, 0.25) is 0 Å². The van der Waals surface area contributed by atoms with Gasteiger partial charge in [-0.05, 0) is 30.2 Å². The predicted octanol–water partition coefficient (Wildman–Crippen LogP) is 5.10. The molecule has 2 aromatic carbocycles. The van der Waals surface area contributed by atoms with Crippen LogP contribution < -0.4 is 0 Å². The summed E-state index contributed by atoms with van der Waals surface area (Å²) in [6, 6.07) is 12.7. The van der Waals surface area contributed by atoms with E-state index >= 15 is 0 Å². The topological polar surface area (TPSA) is 46.5 Å². The third kappa shape index (κ3) is 3.22. The molecule has 0 aliphatic rings. The van der Waals surface area contributed by atoms with E-state index in [0.29, 0.717) is 23.0 Å². The van der Waals surface area contributed by atoms with E-state index in [1.807, 2.05) is 35.0 Å². The lowest BCUT2D eigenvalue weighted by Crippen LogP contribution is -2.12. The zero-order chi connectivity index (χ0) is 18.1. The van der Waals surface area contributed by atoms with Gasteiger partial charge >= 0.3 is 0 Å². The van der Waals surface area contributed by atoms with Crippen molar-refractivity contribution in [1.82, 2.24) is 19.5 Å². The van der Waals surface area contributed by atoms with Gasteiger partial charge in [-0.3, -0.25) is 0 Å². The molecular formula is C20H18ClFN4. The van der Waals surface area contributed by atoms with Crippen molar-refractivity contribution in [3.8, 4) is 11.4 Å². The van der Waals surface area contributed by atoms with Crippen LogP contribution >= 0.6 is 11.6 Å². The van der Waals surface area contributed by atoms with E-state index in [1.165, 1.54) is 6.07 Å². The van der Waals surface area contributed by atoms with Crippen LogP contribution in [0.5, 0.6) is 0 Å². The molecule has 0 saturated heterocycles. The molecule has 0 aliphatic heterocycles. The summed E-state index contributed by atoms with van der Waals surface area (Å²) < 4.78 is 16.2. The van der Waals surface area contributed by atoms with Crippen molar-refractivity contribution >= 4 is 22.6 Å². The first-order valence-corrected chi connectivity index (χ1v) is 8.89. The zero-order valence-electron chi connectivity index (χ0n) is 14.3. The Morgan fingerprint density at radius 1 is 1.19 bits per heavy atom. The molecule has 0 radical (unpaired) electrons. The third-order valence-corrected chi connectivity index (χ3v) is 4.71. The van der Waals surface area contributed by atoms with E-state index in [4.69, 9.17) is 11.6 Å². The number of nitrogens with zero attached hydrogens (tertiary/aromatic N) is 3. The summed E-state index contributed by atoms with van der Waals surface area (Å²) in [5.41, 5.74) is 2.35. The number of fused-ring (bicyclic) bond motifs is 1. The molecule has 2 aromatic heterocycles. The van der Waals surface area contributed by atoms with Gasteiger partial charge in [0.1, 0.15) is 17.5 Å². The van der Waals surface area contributed by atoms with Crippen molar-refractivity contribution in [3.63, 3.8) is 0 Å². The van der Waals surface area contributed by atoms with Crippen LogP contribution in [0.3, 0.4) is 0 Å². The highest BCUT2D eigenvalue weighted by molar-refractivity contribution is 6.33. The van der Waals surface area contributed by atoms with Crippen LogP contribution in [0.2, 0.25) is 5.02 Å². The average molecular weight is 369 g/mol. The second kappa shape index (κ2) is 6.92. The maximum Gasteiger partial charge on any atom is 0.144 e. The van der Waals surface area contributed by atoms with E-state index in [-0.39, 0.29) is 11.7 Å². The number of H-pyrrole nitrogens is 1. The molecule has 1 unspecified atom stereocenters. The Hall–Kier alpha value is -2.66. The van der Waals surface area contributed by atoms with Gasteiger partial charge in [-0.15, -0.1) is 0 Å². The molecule has 0 fully saturated rings. The quantitative estimate of drug-likeness (QED) is 0.532. The fourth-order valence-corrected chi connectivity index (χ4v) is 3.48. The number of halogens is 2. The van der Waals surface area contributed by atoms with Crippen molar-refractivity contribution in [2.75, 3.05) is 0 Å². The van der Waals surface area contributed by atoms with Crippen LogP contribution in [0.25, 0.3) is 22.4 Å². The summed E-state index contributed by atoms with van der Waals surface area (Å²) in [6.45, 7) is 2.83. The molecule has 0 bridgehead atoms. The van der Waals surface area contributed by atoms with E-state index in [2.05, 4.69) is 21.9 Å². The highest BCUT2D eigenvalue weighted by Gasteiger charge is 2.17. The van der Waals surface area contributed by atoms with Gasteiger partial charge in [-0.25, -0.2) is 14.4 Å². The minimum atomic E-state index is -0.366. The molecule has 0 saturated carbocycles. The van der Waals surface area contributed by atoms with Gasteiger partial charge < -0.3 is 9.55 Å². The SMILES string of the molecule is CC(Cc1nc2ccccc2[nH]1)Cn1ccnc1-c1c(F)cccc1Cl.